The van der Waals surface area contributed by atoms with E-state index in [2.05, 4.69) is 26.2 Å². The summed E-state index contributed by atoms with van der Waals surface area (Å²) in [5, 5.41) is 2.72. The third kappa shape index (κ3) is 2.68. The maximum absolute atomic E-state index is 12.1. The Kier molecular flexibility index (Phi) is 3.62. The van der Waals surface area contributed by atoms with Gasteiger partial charge in [-0.15, -0.1) is 0 Å². The number of nitrogen functional groups attached to an aromatic ring is 1. The number of nitrogens with zero attached hydrogens (tertiary/aromatic N) is 1. The Labute approximate surface area is 113 Å². The Bertz CT molecular complexity index is 561. The summed E-state index contributed by atoms with van der Waals surface area (Å²) in [5.41, 5.74) is 7.60. The van der Waals surface area contributed by atoms with E-state index in [0.29, 0.717) is 17.1 Å². The van der Waals surface area contributed by atoms with Crippen LogP contribution in [-0.2, 0) is 0 Å². The van der Waals surface area contributed by atoms with Crippen LogP contribution in [0.1, 0.15) is 15.9 Å². The summed E-state index contributed by atoms with van der Waals surface area (Å²) < 4.78 is 0.857. The normalized spacial score (nSPS) is 10.1. The molecule has 0 aliphatic carbocycles. The van der Waals surface area contributed by atoms with Crippen LogP contribution in [0.25, 0.3) is 0 Å². The number of nitrogens with two attached hydrogens (primary N) is 1. The lowest BCUT2D eigenvalue weighted by atomic mass is 10.1. The van der Waals surface area contributed by atoms with E-state index in [1.165, 1.54) is 0 Å². The van der Waals surface area contributed by atoms with E-state index in [1.807, 2.05) is 25.1 Å². The van der Waals surface area contributed by atoms with Crippen LogP contribution >= 0.6 is 15.9 Å². The highest BCUT2D eigenvalue weighted by Crippen LogP contribution is 2.18. The van der Waals surface area contributed by atoms with Gasteiger partial charge >= 0.3 is 0 Å². The molecule has 0 aliphatic heterocycles. The number of nitrogens with one attached hydrogen (secondary N) is 1. The smallest absolute Gasteiger partial charge is 0.259 e. The van der Waals surface area contributed by atoms with Crippen molar-refractivity contribution in [2.75, 3.05) is 11.1 Å². The van der Waals surface area contributed by atoms with Crippen molar-refractivity contribution >= 4 is 33.3 Å². The van der Waals surface area contributed by atoms with Gasteiger partial charge in [-0.25, -0.2) is 4.98 Å². The lowest BCUT2D eigenvalue weighted by molar-refractivity contribution is 0.102. The van der Waals surface area contributed by atoms with Crippen molar-refractivity contribution < 1.29 is 4.79 Å². The van der Waals surface area contributed by atoms with Crippen LogP contribution < -0.4 is 11.1 Å². The number of rotatable bonds is 2. The molecule has 0 saturated carbocycles. The van der Waals surface area contributed by atoms with Crippen molar-refractivity contribution in [1.82, 2.24) is 4.98 Å². The van der Waals surface area contributed by atoms with Crippen molar-refractivity contribution in [1.29, 1.82) is 0 Å². The van der Waals surface area contributed by atoms with Crippen LogP contribution in [0, 0.1) is 6.92 Å². The van der Waals surface area contributed by atoms with Crippen molar-refractivity contribution in [3.8, 4) is 0 Å². The quantitative estimate of drug-likeness (QED) is 0.838. The molecular formula is C13H12BrN3O. The number of benzene rings is 1. The predicted molar refractivity (Wildman–Crippen MR) is 75.5 cm³/mol. The van der Waals surface area contributed by atoms with E-state index in [9.17, 15) is 4.79 Å². The highest BCUT2D eigenvalue weighted by Gasteiger charge is 2.12. The average molecular weight is 306 g/mol. The second kappa shape index (κ2) is 5.18. The molecule has 1 heterocycles. The van der Waals surface area contributed by atoms with E-state index in [0.717, 1.165) is 10.0 Å². The molecule has 0 aliphatic rings. The Hall–Kier alpha value is -1.88. The van der Waals surface area contributed by atoms with E-state index in [4.69, 9.17) is 5.73 Å². The third-order valence-corrected chi connectivity index (χ3v) is 2.97. The summed E-state index contributed by atoms with van der Waals surface area (Å²) in [6.45, 7) is 1.85. The van der Waals surface area contributed by atoms with Crippen LogP contribution in [0.2, 0.25) is 0 Å². The Morgan fingerprint density at radius 3 is 2.72 bits per heavy atom. The zero-order chi connectivity index (χ0) is 13.1. The monoisotopic (exact) mass is 305 g/mol. The van der Waals surface area contributed by atoms with E-state index >= 15 is 0 Å². The highest BCUT2D eigenvalue weighted by molar-refractivity contribution is 9.10. The van der Waals surface area contributed by atoms with E-state index < -0.39 is 0 Å². The first-order valence-electron chi connectivity index (χ1n) is 5.36. The van der Waals surface area contributed by atoms with Gasteiger partial charge in [-0.2, -0.15) is 0 Å². The molecule has 3 N–H and O–H groups in total. The summed E-state index contributed by atoms with van der Waals surface area (Å²) in [6.07, 6.45) is 1.62. The summed E-state index contributed by atoms with van der Waals surface area (Å²) in [7, 11) is 0. The maximum Gasteiger partial charge on any atom is 0.259 e. The maximum atomic E-state index is 12.1. The van der Waals surface area contributed by atoms with Crippen LogP contribution in [0.5, 0.6) is 0 Å². The lowest BCUT2D eigenvalue weighted by Crippen LogP contribution is -2.16. The first-order valence-corrected chi connectivity index (χ1v) is 6.15. The molecule has 2 aromatic rings. The SMILES string of the molecule is Cc1cccc(N)c1C(=O)Nc1ccc(Br)cn1. The number of amides is 1. The molecular weight excluding hydrogens is 294 g/mol. The molecule has 92 valence electrons. The number of hydrogen-bond acceptors (Lipinski definition) is 3. The third-order valence-electron chi connectivity index (χ3n) is 2.50. The highest BCUT2D eigenvalue weighted by atomic mass is 79.9. The van der Waals surface area contributed by atoms with Gasteiger partial charge in [-0.05, 0) is 46.6 Å². The number of hydrogen-bond donors (Lipinski definition) is 2. The van der Waals surface area contributed by atoms with Crippen LogP contribution in [0.4, 0.5) is 11.5 Å². The number of halogens is 1. The average Bonchev–Trinajstić information content (AvgIpc) is 2.32. The second-order valence-electron chi connectivity index (χ2n) is 3.85. The molecule has 0 radical (unpaired) electrons. The molecule has 1 aromatic heterocycles. The van der Waals surface area contributed by atoms with Gasteiger partial charge in [0.1, 0.15) is 5.82 Å². The largest absolute Gasteiger partial charge is 0.398 e. The van der Waals surface area contributed by atoms with Gasteiger partial charge in [0.05, 0.1) is 5.56 Å². The van der Waals surface area contributed by atoms with Gasteiger partial charge in [0.25, 0.3) is 5.91 Å². The summed E-state index contributed by atoms with van der Waals surface area (Å²) in [5.74, 6) is 0.242. The number of aromatic nitrogens is 1. The first kappa shape index (κ1) is 12.6. The molecule has 2 rings (SSSR count). The molecule has 0 bridgehead atoms. The Morgan fingerprint density at radius 1 is 1.33 bits per heavy atom. The van der Waals surface area contributed by atoms with Crippen molar-refractivity contribution in [2.45, 2.75) is 6.92 Å². The molecule has 0 unspecified atom stereocenters. The van der Waals surface area contributed by atoms with Gasteiger partial charge in [0, 0.05) is 16.4 Å². The molecule has 0 atom stereocenters. The van der Waals surface area contributed by atoms with Crippen LogP contribution in [0.3, 0.4) is 0 Å². The molecule has 0 saturated heterocycles. The zero-order valence-electron chi connectivity index (χ0n) is 9.77. The van der Waals surface area contributed by atoms with Crippen molar-refractivity contribution in [3.05, 3.63) is 52.1 Å². The molecule has 0 fully saturated rings. The molecule has 5 heteroatoms. The molecule has 4 nitrogen and oxygen atoms in total. The topological polar surface area (TPSA) is 68.0 Å². The number of carbonyl (C=O) groups is 1. The number of aryl methyl sites for hydroxylation is 1. The van der Waals surface area contributed by atoms with Crippen LogP contribution in [0.15, 0.2) is 41.0 Å². The minimum absolute atomic E-state index is 0.250. The summed E-state index contributed by atoms with van der Waals surface area (Å²) in [6, 6.07) is 8.90. The molecule has 1 aromatic carbocycles. The fraction of sp³-hybridized carbons (Fsp3) is 0.0769. The zero-order valence-corrected chi connectivity index (χ0v) is 11.4. The summed E-state index contributed by atoms with van der Waals surface area (Å²) in [4.78, 5) is 16.2. The number of anilines is 2. The second-order valence-corrected chi connectivity index (χ2v) is 4.77. The first-order chi connectivity index (χ1) is 8.58. The van der Waals surface area contributed by atoms with E-state index in [1.54, 1.807) is 18.3 Å². The summed E-state index contributed by atoms with van der Waals surface area (Å²) >= 11 is 3.28. The minimum Gasteiger partial charge on any atom is -0.398 e. The molecule has 0 spiro atoms. The molecule has 18 heavy (non-hydrogen) atoms. The molecule has 1 amide bonds. The van der Waals surface area contributed by atoms with Crippen molar-refractivity contribution in [2.24, 2.45) is 0 Å². The fourth-order valence-electron chi connectivity index (χ4n) is 1.63. The van der Waals surface area contributed by atoms with Crippen molar-refractivity contribution in [3.63, 3.8) is 0 Å². The fourth-order valence-corrected chi connectivity index (χ4v) is 1.86. The minimum atomic E-state index is -0.250. The van der Waals surface area contributed by atoms with Gasteiger partial charge in [-0.3, -0.25) is 4.79 Å². The van der Waals surface area contributed by atoms with Crippen LogP contribution in [-0.4, -0.2) is 10.9 Å². The van der Waals surface area contributed by atoms with Gasteiger partial charge in [-0.1, -0.05) is 12.1 Å². The van der Waals surface area contributed by atoms with E-state index in [-0.39, 0.29) is 5.91 Å². The standard InChI is InChI=1S/C13H12BrN3O/c1-8-3-2-4-10(15)12(8)13(18)17-11-6-5-9(14)7-16-11/h2-7H,15H2,1H3,(H,16,17,18). The number of carbonyl (C=O) groups excluding carboxylic acids is 1. The predicted octanol–water partition coefficient (Wildman–Crippen LogP) is 2.99. The Balaban J connectivity index is 2.25. The van der Waals surface area contributed by atoms with Gasteiger partial charge < -0.3 is 11.1 Å². The number of pyridine rings is 1. The lowest BCUT2D eigenvalue weighted by Gasteiger charge is -2.09. The van der Waals surface area contributed by atoms with Gasteiger partial charge in [0.2, 0.25) is 0 Å². The Morgan fingerprint density at radius 2 is 2.11 bits per heavy atom. The van der Waals surface area contributed by atoms with Gasteiger partial charge in [0.15, 0.2) is 0 Å².